The summed E-state index contributed by atoms with van der Waals surface area (Å²) < 4.78 is 6.51. The minimum Gasteiger partial charge on any atom is -0.393 e. The van der Waals surface area contributed by atoms with E-state index in [1.165, 1.54) is 89.9 Å². The zero-order valence-corrected chi connectivity index (χ0v) is 34.1. The van der Waals surface area contributed by atoms with Gasteiger partial charge in [0.25, 0.3) is 0 Å². The Balaban J connectivity index is 0.784. The lowest BCUT2D eigenvalue weighted by molar-refractivity contribution is -0.144. The van der Waals surface area contributed by atoms with Crippen molar-refractivity contribution in [2.75, 3.05) is 45.9 Å². The summed E-state index contributed by atoms with van der Waals surface area (Å²) >= 11 is 6.92. The number of nitrogens with zero attached hydrogens (tertiary/aromatic N) is 3. The zero-order chi connectivity index (χ0) is 37.6. The summed E-state index contributed by atoms with van der Waals surface area (Å²) in [6.07, 6.45) is 24.0. The van der Waals surface area contributed by atoms with Gasteiger partial charge in [0.15, 0.2) is 0 Å². The second-order valence-electron chi connectivity index (χ2n) is 18.3. The Morgan fingerprint density at radius 2 is 1.52 bits per heavy atom. The zero-order valence-electron chi connectivity index (χ0n) is 33.4. The highest BCUT2D eigenvalue weighted by Gasteiger charge is 2.52. The van der Waals surface area contributed by atoms with E-state index in [2.05, 4.69) is 22.0 Å². The molecule has 7 rings (SSSR count). The van der Waals surface area contributed by atoms with Gasteiger partial charge in [-0.15, -0.1) is 11.6 Å². The number of alkyl halides is 1. The quantitative estimate of drug-likeness (QED) is 0.0916. The number of fused-ring (bicyclic) bond motifs is 1. The van der Waals surface area contributed by atoms with Crippen LogP contribution in [-0.2, 0) is 19.1 Å². The predicted octanol–water partition coefficient (Wildman–Crippen LogP) is 6.84. The number of carbonyl (C=O) groups excluding carboxylic acids is 3. The van der Waals surface area contributed by atoms with E-state index in [0.29, 0.717) is 31.0 Å². The van der Waals surface area contributed by atoms with Crippen molar-refractivity contribution >= 4 is 29.3 Å². The molecule has 5 unspecified atom stereocenters. The normalized spacial score (nSPS) is 36.9. The van der Waals surface area contributed by atoms with E-state index in [-0.39, 0.29) is 47.5 Å². The Morgan fingerprint density at radius 1 is 0.815 bits per heavy atom. The molecule has 7 aliphatic rings. The highest BCUT2D eigenvalue weighted by Crippen LogP contribution is 2.46. The molecule has 0 radical (unpaired) electrons. The second-order valence-corrected chi connectivity index (χ2v) is 18.9. The fraction of sp³-hybridized carbons (Fsp3) is 0.886. The number of hydrogen-bond donors (Lipinski definition) is 2. The van der Waals surface area contributed by atoms with Crippen molar-refractivity contribution in [3.63, 3.8) is 0 Å². The molecule has 3 amide bonds. The Labute approximate surface area is 330 Å². The van der Waals surface area contributed by atoms with Gasteiger partial charge in [-0.3, -0.25) is 24.6 Å². The van der Waals surface area contributed by atoms with E-state index in [1.54, 1.807) is 4.90 Å². The molecule has 7 fully saturated rings. The van der Waals surface area contributed by atoms with Crippen LogP contribution in [0.25, 0.3) is 0 Å². The smallest absolute Gasteiger partial charge is 0.249 e. The number of nitrogens with one attached hydrogen (secondary N) is 1. The van der Waals surface area contributed by atoms with E-state index >= 15 is 0 Å². The number of unbranched alkanes of at least 4 members (excludes halogenated alkanes) is 2. The number of hydrogen-bond acceptors (Lipinski definition) is 7. The molecule has 304 valence electrons. The molecule has 4 aliphatic carbocycles. The number of piperazine rings is 1. The first-order valence-corrected chi connectivity index (χ1v) is 23.0. The number of rotatable bonds is 13. The first kappa shape index (κ1) is 40.7. The second kappa shape index (κ2) is 19.3. The molecule has 3 heterocycles. The van der Waals surface area contributed by atoms with Crippen LogP contribution in [0.2, 0.25) is 0 Å². The van der Waals surface area contributed by atoms with E-state index in [1.807, 2.05) is 11.1 Å². The summed E-state index contributed by atoms with van der Waals surface area (Å²) in [7, 11) is 0. The third-order valence-electron chi connectivity index (χ3n) is 15.1. The summed E-state index contributed by atoms with van der Waals surface area (Å²) in [4.78, 5) is 44.5. The summed E-state index contributed by atoms with van der Waals surface area (Å²) in [5.41, 5.74) is 3.69. The molecule has 5 atom stereocenters. The minimum absolute atomic E-state index is 0.00446. The Kier molecular flexibility index (Phi) is 14.5. The van der Waals surface area contributed by atoms with Gasteiger partial charge in [-0.2, -0.15) is 0 Å². The maximum absolute atomic E-state index is 13.4. The average Bonchev–Trinajstić information content (AvgIpc) is 3.52. The summed E-state index contributed by atoms with van der Waals surface area (Å²) in [5, 5.41) is 12.5. The number of amides is 3. The SMILES string of the molecule is CC/C(=C(\C1CCC(O)CC1)C1CCC(OCCCCCN2CCN(C3CC(Cl)C4C(=O)N(C5CCC(=O)NC5=O)CC4C3)CC2)CC1)C1CCCCC1. The van der Waals surface area contributed by atoms with Crippen molar-refractivity contribution in [2.24, 2.45) is 29.6 Å². The first-order chi connectivity index (χ1) is 26.3. The molecule has 4 saturated carbocycles. The van der Waals surface area contributed by atoms with Crippen molar-refractivity contribution in [1.82, 2.24) is 20.0 Å². The Morgan fingerprint density at radius 3 is 2.20 bits per heavy atom. The number of aliphatic hydroxyl groups is 1. The molecular formula is C44H71ClN4O5. The van der Waals surface area contributed by atoms with Crippen LogP contribution in [0.15, 0.2) is 11.1 Å². The number of likely N-dealkylation sites (tertiary alicyclic amines) is 1. The predicted molar refractivity (Wildman–Crippen MR) is 213 cm³/mol. The third kappa shape index (κ3) is 9.77. The molecule has 0 aromatic heterocycles. The fourth-order valence-electron chi connectivity index (χ4n) is 12.1. The lowest BCUT2D eigenvalue weighted by Gasteiger charge is -2.44. The number of allylic oxidation sites excluding steroid dienone is 2. The van der Waals surface area contributed by atoms with Crippen molar-refractivity contribution in [1.29, 1.82) is 0 Å². The van der Waals surface area contributed by atoms with E-state index in [0.717, 1.165) is 83.3 Å². The van der Waals surface area contributed by atoms with Crippen LogP contribution in [0.3, 0.4) is 0 Å². The molecule has 0 spiro atoms. The Bertz CT molecular complexity index is 1300. The lowest BCUT2D eigenvalue weighted by Crippen LogP contribution is -2.54. The summed E-state index contributed by atoms with van der Waals surface area (Å²) in [6.45, 7) is 9.28. The monoisotopic (exact) mass is 771 g/mol. The van der Waals surface area contributed by atoms with Crippen LogP contribution < -0.4 is 5.32 Å². The molecule has 0 bridgehead atoms. The van der Waals surface area contributed by atoms with Gasteiger partial charge in [0.2, 0.25) is 17.7 Å². The van der Waals surface area contributed by atoms with Crippen LogP contribution in [0.1, 0.15) is 142 Å². The van der Waals surface area contributed by atoms with Crippen LogP contribution in [0.5, 0.6) is 0 Å². The van der Waals surface area contributed by atoms with Gasteiger partial charge in [0, 0.05) is 57.2 Å². The highest BCUT2D eigenvalue weighted by molar-refractivity contribution is 6.22. The third-order valence-corrected chi connectivity index (χ3v) is 15.5. The first-order valence-electron chi connectivity index (χ1n) is 22.6. The van der Waals surface area contributed by atoms with Gasteiger partial charge in [-0.25, -0.2) is 0 Å². The van der Waals surface area contributed by atoms with Crippen LogP contribution in [-0.4, -0.2) is 113 Å². The number of halogens is 1. The maximum atomic E-state index is 13.4. The summed E-state index contributed by atoms with van der Waals surface area (Å²) in [6, 6.07) is -0.158. The summed E-state index contributed by atoms with van der Waals surface area (Å²) in [5.74, 6) is 1.62. The molecule has 3 saturated heterocycles. The minimum atomic E-state index is -0.539. The largest absolute Gasteiger partial charge is 0.393 e. The van der Waals surface area contributed by atoms with Gasteiger partial charge in [0.05, 0.1) is 18.1 Å². The Hall–Kier alpha value is -1.52. The number of ether oxygens (including phenoxy) is 1. The van der Waals surface area contributed by atoms with Crippen molar-refractivity contribution in [3.05, 3.63) is 11.1 Å². The molecule has 9 nitrogen and oxygen atoms in total. The lowest BCUT2D eigenvalue weighted by atomic mass is 9.68. The molecule has 0 aromatic rings. The van der Waals surface area contributed by atoms with Crippen LogP contribution in [0.4, 0.5) is 0 Å². The van der Waals surface area contributed by atoms with Crippen molar-refractivity contribution in [3.8, 4) is 0 Å². The van der Waals surface area contributed by atoms with E-state index in [4.69, 9.17) is 16.3 Å². The van der Waals surface area contributed by atoms with E-state index < -0.39 is 6.04 Å². The van der Waals surface area contributed by atoms with E-state index in [9.17, 15) is 19.5 Å². The van der Waals surface area contributed by atoms with Crippen molar-refractivity contribution < 1.29 is 24.2 Å². The van der Waals surface area contributed by atoms with Gasteiger partial charge < -0.3 is 19.6 Å². The molecule has 54 heavy (non-hydrogen) atoms. The van der Waals surface area contributed by atoms with Crippen molar-refractivity contribution in [2.45, 2.75) is 171 Å². The maximum Gasteiger partial charge on any atom is 0.249 e. The van der Waals surface area contributed by atoms with Crippen LogP contribution in [0, 0.1) is 29.6 Å². The topological polar surface area (TPSA) is 102 Å². The van der Waals surface area contributed by atoms with Gasteiger partial charge in [-0.1, -0.05) is 37.3 Å². The number of aliphatic hydroxyl groups excluding tert-OH is 1. The molecule has 2 N–H and O–H groups in total. The molecule has 0 aromatic carbocycles. The highest BCUT2D eigenvalue weighted by atomic mass is 35.5. The fourth-order valence-corrected chi connectivity index (χ4v) is 12.6. The average molecular weight is 772 g/mol. The van der Waals surface area contributed by atoms with Gasteiger partial charge in [0.1, 0.15) is 6.04 Å². The number of imide groups is 1. The standard InChI is InChI=1S/C44H71ClN4O5/c1-2-37(30-9-5-3-6-10-30)41(31-11-15-35(50)16-12-31)32-13-17-36(18-14-32)54-26-8-4-7-21-47-22-24-48(25-23-47)34-27-33-29-49(44(53)42(33)38(45)28-34)39-19-20-40(51)46-43(39)52/h30-36,38-39,42,50H,2-29H2,1H3,(H,46,51,52)/b41-37-. The van der Waals surface area contributed by atoms with Crippen LogP contribution >= 0.6 is 11.6 Å². The van der Waals surface area contributed by atoms with Gasteiger partial charge in [-0.05, 0) is 139 Å². The number of carbonyl (C=O) groups is 3. The van der Waals surface area contributed by atoms with Gasteiger partial charge >= 0.3 is 0 Å². The molecular weight excluding hydrogens is 700 g/mol. The molecule has 10 heteroatoms. The molecule has 3 aliphatic heterocycles. The number of piperidine rings is 1.